The molecule has 1 aliphatic rings. The van der Waals surface area contributed by atoms with Gasteiger partial charge < -0.3 is 15.0 Å². The first kappa shape index (κ1) is 16.8. The molecule has 2 atom stereocenters. The number of nitrogens with one attached hydrogen (secondary N) is 1. The van der Waals surface area contributed by atoms with E-state index in [1.165, 1.54) is 28.6 Å². The Labute approximate surface area is 137 Å². The zero-order chi connectivity index (χ0) is 15.2. The third-order valence-electron chi connectivity index (χ3n) is 4.30. The Balaban J connectivity index is 2.03. The van der Waals surface area contributed by atoms with Crippen LogP contribution in [0.3, 0.4) is 0 Å². The number of halogens is 1. The predicted octanol–water partition coefficient (Wildman–Crippen LogP) is 3.81. The van der Waals surface area contributed by atoms with Gasteiger partial charge in [0.25, 0.3) is 0 Å². The van der Waals surface area contributed by atoms with Crippen molar-refractivity contribution in [3.8, 4) is 0 Å². The molecule has 0 amide bonds. The van der Waals surface area contributed by atoms with Crippen molar-refractivity contribution >= 4 is 21.6 Å². The van der Waals surface area contributed by atoms with Crippen LogP contribution >= 0.6 is 15.9 Å². The molecule has 21 heavy (non-hydrogen) atoms. The Kier molecular flexibility index (Phi) is 6.52. The number of nitrogens with zero attached hydrogens (tertiary/aromatic N) is 1. The van der Waals surface area contributed by atoms with Crippen molar-refractivity contribution in [1.29, 1.82) is 0 Å². The highest BCUT2D eigenvalue weighted by molar-refractivity contribution is 9.10. The molecule has 1 saturated heterocycles. The molecule has 4 heteroatoms. The van der Waals surface area contributed by atoms with Crippen LogP contribution in [0.2, 0.25) is 0 Å². The van der Waals surface area contributed by atoms with Crippen LogP contribution in [0.15, 0.2) is 22.7 Å². The van der Waals surface area contributed by atoms with E-state index in [2.05, 4.69) is 58.2 Å². The molecule has 1 aromatic rings. The average molecular weight is 355 g/mol. The zero-order valence-corrected chi connectivity index (χ0v) is 14.9. The second-order valence-corrected chi connectivity index (χ2v) is 6.80. The maximum Gasteiger partial charge on any atom is 0.0772 e. The highest BCUT2D eigenvalue weighted by Gasteiger charge is 2.26. The maximum absolute atomic E-state index is 5.62. The van der Waals surface area contributed by atoms with E-state index in [9.17, 15) is 0 Å². The van der Waals surface area contributed by atoms with Crippen molar-refractivity contribution in [2.24, 2.45) is 5.92 Å². The summed E-state index contributed by atoms with van der Waals surface area (Å²) in [6.07, 6.45) is 2.69. The van der Waals surface area contributed by atoms with Crippen molar-refractivity contribution in [3.63, 3.8) is 0 Å². The van der Waals surface area contributed by atoms with E-state index in [0.717, 1.165) is 26.2 Å². The number of benzene rings is 1. The lowest BCUT2D eigenvalue weighted by atomic mass is 9.95. The highest BCUT2D eigenvalue weighted by atomic mass is 79.9. The summed E-state index contributed by atoms with van der Waals surface area (Å²) in [5, 5.41) is 3.45. The second kappa shape index (κ2) is 8.16. The summed E-state index contributed by atoms with van der Waals surface area (Å²) < 4.78 is 6.80. The summed E-state index contributed by atoms with van der Waals surface area (Å²) >= 11 is 3.74. The second-order valence-electron chi connectivity index (χ2n) is 5.95. The van der Waals surface area contributed by atoms with Gasteiger partial charge >= 0.3 is 0 Å². The molecular formula is C17H27BrN2O. The average Bonchev–Trinajstić information content (AvgIpc) is 2.48. The Morgan fingerprint density at radius 3 is 2.90 bits per heavy atom. The number of hydrogen-bond donors (Lipinski definition) is 1. The van der Waals surface area contributed by atoms with E-state index in [-0.39, 0.29) is 0 Å². The fourth-order valence-electron chi connectivity index (χ4n) is 2.89. The van der Waals surface area contributed by atoms with Crippen LogP contribution in [-0.4, -0.2) is 32.8 Å². The summed E-state index contributed by atoms with van der Waals surface area (Å²) in [6.45, 7) is 8.55. The van der Waals surface area contributed by atoms with E-state index < -0.39 is 0 Å². The molecule has 0 saturated carbocycles. The van der Waals surface area contributed by atoms with Crippen molar-refractivity contribution in [1.82, 2.24) is 5.32 Å². The third-order valence-corrected chi connectivity index (χ3v) is 4.94. The van der Waals surface area contributed by atoms with Gasteiger partial charge in [-0.2, -0.15) is 0 Å². The maximum atomic E-state index is 5.62. The molecule has 2 unspecified atom stereocenters. The summed E-state index contributed by atoms with van der Waals surface area (Å²) in [6, 6.07) is 6.69. The largest absolute Gasteiger partial charge is 0.379 e. The summed E-state index contributed by atoms with van der Waals surface area (Å²) in [5.41, 5.74) is 2.61. The standard InChI is InChI=1S/C17H27BrN2O/c1-4-8-19-11-14-5-6-16(15(18)10-14)20-9-7-13(2)17(12-20)21-3/h5-6,10,13,17,19H,4,7-9,11-12H2,1-3H3. The first-order chi connectivity index (χ1) is 10.2. The molecule has 1 aliphatic heterocycles. The minimum Gasteiger partial charge on any atom is -0.379 e. The fraction of sp³-hybridized carbons (Fsp3) is 0.647. The Morgan fingerprint density at radius 1 is 1.43 bits per heavy atom. The molecule has 1 N–H and O–H groups in total. The van der Waals surface area contributed by atoms with Crippen molar-refractivity contribution in [2.75, 3.05) is 31.6 Å². The molecular weight excluding hydrogens is 328 g/mol. The Bertz CT molecular complexity index is 452. The monoisotopic (exact) mass is 354 g/mol. The van der Waals surface area contributed by atoms with Gasteiger partial charge in [0.05, 0.1) is 11.8 Å². The molecule has 0 spiro atoms. The van der Waals surface area contributed by atoms with E-state index in [1.807, 2.05) is 7.11 Å². The van der Waals surface area contributed by atoms with Gasteiger partial charge in [0.2, 0.25) is 0 Å². The van der Waals surface area contributed by atoms with E-state index >= 15 is 0 Å². The number of anilines is 1. The van der Waals surface area contributed by atoms with Crippen LogP contribution in [0.25, 0.3) is 0 Å². The lowest BCUT2D eigenvalue weighted by Gasteiger charge is -2.38. The molecule has 1 aromatic carbocycles. The van der Waals surface area contributed by atoms with E-state index in [4.69, 9.17) is 4.74 Å². The van der Waals surface area contributed by atoms with Crippen molar-refractivity contribution < 1.29 is 4.74 Å². The van der Waals surface area contributed by atoms with Crippen LogP contribution < -0.4 is 10.2 Å². The minimum atomic E-state index is 0.330. The fourth-order valence-corrected chi connectivity index (χ4v) is 3.56. The third kappa shape index (κ3) is 4.44. The lowest BCUT2D eigenvalue weighted by Crippen LogP contribution is -2.44. The molecule has 2 rings (SSSR count). The zero-order valence-electron chi connectivity index (χ0n) is 13.4. The first-order valence-corrected chi connectivity index (χ1v) is 8.71. The van der Waals surface area contributed by atoms with Crippen LogP contribution in [0.4, 0.5) is 5.69 Å². The van der Waals surface area contributed by atoms with Gasteiger partial charge in [-0.1, -0.05) is 19.9 Å². The van der Waals surface area contributed by atoms with Gasteiger partial charge in [0.15, 0.2) is 0 Å². The number of hydrogen-bond acceptors (Lipinski definition) is 3. The van der Waals surface area contributed by atoms with Crippen molar-refractivity contribution in [2.45, 2.75) is 39.3 Å². The smallest absolute Gasteiger partial charge is 0.0772 e. The molecule has 0 radical (unpaired) electrons. The number of piperidine rings is 1. The van der Waals surface area contributed by atoms with Crippen LogP contribution in [0.1, 0.15) is 32.3 Å². The number of ether oxygens (including phenoxy) is 1. The first-order valence-electron chi connectivity index (χ1n) is 7.92. The van der Waals surface area contributed by atoms with E-state index in [1.54, 1.807) is 0 Å². The van der Waals surface area contributed by atoms with Gasteiger partial charge in [-0.15, -0.1) is 0 Å². The van der Waals surface area contributed by atoms with Gasteiger partial charge in [-0.3, -0.25) is 0 Å². The predicted molar refractivity (Wildman–Crippen MR) is 92.9 cm³/mol. The van der Waals surface area contributed by atoms with Gasteiger partial charge in [-0.25, -0.2) is 0 Å². The SMILES string of the molecule is CCCNCc1ccc(N2CCC(C)C(OC)C2)c(Br)c1. The number of methoxy groups -OCH3 is 1. The van der Waals surface area contributed by atoms with Crippen LogP contribution in [-0.2, 0) is 11.3 Å². The van der Waals surface area contributed by atoms with Gasteiger partial charge in [0, 0.05) is 31.2 Å². The normalized spacial score (nSPS) is 22.6. The van der Waals surface area contributed by atoms with Gasteiger partial charge in [-0.05, 0) is 58.9 Å². The molecule has 0 bridgehead atoms. The molecule has 0 aliphatic carbocycles. The molecule has 118 valence electrons. The summed E-state index contributed by atoms with van der Waals surface area (Å²) in [5.74, 6) is 0.641. The lowest BCUT2D eigenvalue weighted by molar-refractivity contribution is 0.0498. The van der Waals surface area contributed by atoms with Gasteiger partial charge in [0.1, 0.15) is 0 Å². The van der Waals surface area contributed by atoms with Crippen molar-refractivity contribution in [3.05, 3.63) is 28.2 Å². The molecule has 1 heterocycles. The summed E-state index contributed by atoms with van der Waals surface area (Å²) in [4.78, 5) is 2.43. The molecule has 1 fully saturated rings. The minimum absolute atomic E-state index is 0.330. The topological polar surface area (TPSA) is 24.5 Å². The van der Waals surface area contributed by atoms with Crippen LogP contribution in [0, 0.1) is 5.92 Å². The number of rotatable bonds is 6. The highest BCUT2D eigenvalue weighted by Crippen LogP contribution is 2.31. The Morgan fingerprint density at radius 2 is 2.24 bits per heavy atom. The quantitative estimate of drug-likeness (QED) is 0.786. The Hall–Kier alpha value is -0.580. The molecule has 0 aromatic heterocycles. The molecule has 3 nitrogen and oxygen atoms in total. The van der Waals surface area contributed by atoms with E-state index in [0.29, 0.717) is 12.0 Å². The summed E-state index contributed by atoms with van der Waals surface area (Å²) in [7, 11) is 1.82. The van der Waals surface area contributed by atoms with Crippen LogP contribution in [0.5, 0.6) is 0 Å².